The van der Waals surface area contributed by atoms with Gasteiger partial charge in [0.15, 0.2) is 0 Å². The molecule has 1 aromatic heterocycles. The van der Waals surface area contributed by atoms with E-state index in [2.05, 4.69) is 10.4 Å². The highest BCUT2D eigenvalue weighted by Crippen LogP contribution is 2.27. The second-order valence-electron chi connectivity index (χ2n) is 6.84. The van der Waals surface area contributed by atoms with Gasteiger partial charge in [-0.15, -0.1) is 0 Å². The van der Waals surface area contributed by atoms with Crippen molar-refractivity contribution in [2.45, 2.75) is 20.5 Å². The third-order valence-electron chi connectivity index (χ3n) is 4.89. The van der Waals surface area contributed by atoms with E-state index in [4.69, 9.17) is 9.47 Å². The van der Waals surface area contributed by atoms with E-state index < -0.39 is 0 Å². The Kier molecular flexibility index (Phi) is 6.20. The molecule has 9 heteroatoms. The number of aromatic nitrogens is 4. The van der Waals surface area contributed by atoms with Crippen molar-refractivity contribution >= 4 is 5.91 Å². The van der Waals surface area contributed by atoms with E-state index in [1.54, 1.807) is 55.5 Å². The van der Waals surface area contributed by atoms with Crippen LogP contribution in [0.15, 0.2) is 41.2 Å². The molecule has 3 rings (SSSR count). The van der Waals surface area contributed by atoms with E-state index in [9.17, 15) is 9.59 Å². The Balaban J connectivity index is 1.90. The predicted octanol–water partition coefficient (Wildman–Crippen LogP) is 1.95. The van der Waals surface area contributed by atoms with Crippen molar-refractivity contribution < 1.29 is 14.3 Å². The number of methoxy groups -OCH3 is 1. The van der Waals surface area contributed by atoms with Crippen LogP contribution in [0.25, 0.3) is 5.69 Å². The average molecular weight is 411 g/mol. The average Bonchev–Trinajstić information content (AvgIpc) is 3.09. The molecular formula is C21H25N5O4. The van der Waals surface area contributed by atoms with E-state index in [0.717, 1.165) is 10.2 Å². The van der Waals surface area contributed by atoms with Crippen LogP contribution in [0, 0.1) is 6.92 Å². The van der Waals surface area contributed by atoms with Gasteiger partial charge in [-0.05, 0) is 60.2 Å². The minimum Gasteiger partial charge on any atom is -0.496 e. The fourth-order valence-electron chi connectivity index (χ4n) is 3.01. The summed E-state index contributed by atoms with van der Waals surface area (Å²) in [5.41, 5.74) is 2.25. The van der Waals surface area contributed by atoms with Gasteiger partial charge in [-0.3, -0.25) is 4.79 Å². The summed E-state index contributed by atoms with van der Waals surface area (Å²) in [4.78, 5) is 26.3. The van der Waals surface area contributed by atoms with Gasteiger partial charge in [0.05, 0.1) is 18.4 Å². The molecule has 0 unspecified atom stereocenters. The fourth-order valence-corrected chi connectivity index (χ4v) is 3.01. The maximum atomic E-state index is 12.4. The number of hydrogen-bond donors (Lipinski definition) is 0. The Labute approximate surface area is 174 Å². The van der Waals surface area contributed by atoms with E-state index >= 15 is 0 Å². The van der Waals surface area contributed by atoms with E-state index in [0.29, 0.717) is 34.9 Å². The van der Waals surface area contributed by atoms with Crippen molar-refractivity contribution in [3.63, 3.8) is 0 Å². The second-order valence-corrected chi connectivity index (χ2v) is 6.84. The number of amides is 1. The Morgan fingerprint density at radius 1 is 1.17 bits per heavy atom. The van der Waals surface area contributed by atoms with Gasteiger partial charge in [0.2, 0.25) is 0 Å². The van der Waals surface area contributed by atoms with Gasteiger partial charge >= 0.3 is 5.69 Å². The molecule has 0 saturated heterocycles. The van der Waals surface area contributed by atoms with Crippen LogP contribution in [-0.4, -0.2) is 51.3 Å². The Bertz CT molecular complexity index is 1120. The molecule has 9 nitrogen and oxygen atoms in total. The minimum atomic E-state index is -0.372. The molecule has 158 valence electrons. The Morgan fingerprint density at radius 2 is 1.93 bits per heavy atom. The van der Waals surface area contributed by atoms with Gasteiger partial charge in [-0.1, -0.05) is 6.07 Å². The summed E-state index contributed by atoms with van der Waals surface area (Å²) >= 11 is 0. The molecule has 1 heterocycles. The lowest BCUT2D eigenvalue weighted by Crippen LogP contribution is -2.26. The summed E-state index contributed by atoms with van der Waals surface area (Å²) in [6.07, 6.45) is 0. The number of nitrogens with zero attached hydrogens (tertiary/aromatic N) is 5. The highest BCUT2D eigenvalue weighted by Gasteiger charge is 2.17. The van der Waals surface area contributed by atoms with Crippen LogP contribution in [0.1, 0.15) is 28.4 Å². The van der Waals surface area contributed by atoms with Crippen molar-refractivity contribution in [2.75, 3.05) is 20.7 Å². The number of rotatable bonds is 7. The summed E-state index contributed by atoms with van der Waals surface area (Å²) in [6, 6.07) is 10.6. The highest BCUT2D eigenvalue weighted by molar-refractivity contribution is 5.94. The number of benzene rings is 2. The lowest BCUT2D eigenvalue weighted by molar-refractivity contribution is 0.0802. The molecule has 0 spiro atoms. The van der Waals surface area contributed by atoms with Gasteiger partial charge in [0, 0.05) is 26.2 Å². The predicted molar refractivity (Wildman–Crippen MR) is 111 cm³/mol. The summed E-state index contributed by atoms with van der Waals surface area (Å²) in [5, 5.41) is 7.68. The van der Waals surface area contributed by atoms with Gasteiger partial charge in [-0.25, -0.2) is 4.79 Å². The summed E-state index contributed by atoms with van der Waals surface area (Å²) in [5.74, 6) is 1.16. The molecule has 0 aliphatic heterocycles. The summed E-state index contributed by atoms with van der Waals surface area (Å²) in [7, 11) is 4.85. The van der Waals surface area contributed by atoms with E-state index in [1.165, 1.54) is 11.7 Å². The number of ether oxygens (including phenoxy) is 2. The van der Waals surface area contributed by atoms with E-state index in [1.807, 2.05) is 13.8 Å². The Hall–Kier alpha value is -3.62. The van der Waals surface area contributed by atoms with Gasteiger partial charge in [0.1, 0.15) is 18.1 Å². The largest absolute Gasteiger partial charge is 0.496 e. The third-order valence-corrected chi connectivity index (χ3v) is 4.89. The van der Waals surface area contributed by atoms with Crippen molar-refractivity contribution in [1.82, 2.24) is 24.7 Å². The quantitative estimate of drug-likeness (QED) is 0.590. The molecule has 0 N–H and O–H groups in total. The molecule has 1 amide bonds. The molecule has 0 bridgehead atoms. The highest BCUT2D eigenvalue weighted by atomic mass is 16.5. The van der Waals surface area contributed by atoms with Gasteiger partial charge in [-0.2, -0.15) is 9.36 Å². The molecule has 0 saturated carbocycles. The first-order valence-corrected chi connectivity index (χ1v) is 9.51. The molecule has 0 radical (unpaired) electrons. The molecule has 3 aromatic rings. The number of tetrazole rings is 1. The SMILES string of the molecule is CCN(C)C(=O)c1ccc(OCc2c(OC)cccc2-n2nnn(C)c2=O)c(C)c1. The number of carbonyl (C=O) groups excluding carboxylic acids is 1. The minimum absolute atomic E-state index is 0.0406. The molecule has 0 atom stereocenters. The smallest absolute Gasteiger partial charge is 0.368 e. The lowest BCUT2D eigenvalue weighted by atomic mass is 10.1. The topological polar surface area (TPSA) is 91.5 Å². The second kappa shape index (κ2) is 8.81. The summed E-state index contributed by atoms with van der Waals surface area (Å²) in [6.45, 7) is 4.59. The molecule has 0 fully saturated rings. The van der Waals surface area contributed by atoms with Crippen LogP contribution < -0.4 is 15.2 Å². The fraction of sp³-hybridized carbons (Fsp3) is 0.333. The number of carbonyl (C=O) groups is 1. The first-order valence-electron chi connectivity index (χ1n) is 9.51. The number of hydrogen-bond acceptors (Lipinski definition) is 6. The van der Waals surface area contributed by atoms with E-state index in [-0.39, 0.29) is 18.2 Å². The van der Waals surface area contributed by atoms with Gasteiger partial charge < -0.3 is 14.4 Å². The zero-order chi connectivity index (χ0) is 21.8. The van der Waals surface area contributed by atoms with Crippen LogP contribution in [0.4, 0.5) is 0 Å². The van der Waals surface area contributed by atoms with Crippen LogP contribution in [0.2, 0.25) is 0 Å². The maximum absolute atomic E-state index is 12.4. The summed E-state index contributed by atoms with van der Waals surface area (Å²) < 4.78 is 13.8. The van der Waals surface area contributed by atoms with Gasteiger partial charge in [0.25, 0.3) is 5.91 Å². The lowest BCUT2D eigenvalue weighted by Gasteiger charge is -2.17. The van der Waals surface area contributed by atoms with Crippen LogP contribution in [0.3, 0.4) is 0 Å². The van der Waals surface area contributed by atoms with Crippen molar-refractivity contribution in [3.05, 3.63) is 63.6 Å². The van der Waals surface area contributed by atoms with Crippen LogP contribution >= 0.6 is 0 Å². The van der Waals surface area contributed by atoms with Crippen molar-refractivity contribution in [2.24, 2.45) is 7.05 Å². The number of aryl methyl sites for hydroxylation is 2. The first kappa shape index (κ1) is 21.1. The monoisotopic (exact) mass is 411 g/mol. The van der Waals surface area contributed by atoms with Crippen LogP contribution in [0.5, 0.6) is 11.5 Å². The van der Waals surface area contributed by atoms with Crippen molar-refractivity contribution in [3.8, 4) is 17.2 Å². The third kappa shape index (κ3) is 4.05. The normalized spacial score (nSPS) is 10.7. The zero-order valence-corrected chi connectivity index (χ0v) is 17.7. The van der Waals surface area contributed by atoms with Crippen molar-refractivity contribution in [1.29, 1.82) is 0 Å². The van der Waals surface area contributed by atoms with Crippen LogP contribution in [-0.2, 0) is 13.7 Å². The molecule has 0 aliphatic rings. The molecular weight excluding hydrogens is 386 g/mol. The molecule has 2 aromatic carbocycles. The molecule has 30 heavy (non-hydrogen) atoms. The first-order chi connectivity index (χ1) is 14.4. The standard InChI is InChI=1S/C21H25N5O4/c1-6-24(3)20(27)15-10-11-18(14(2)12-15)30-13-16-17(8-7-9-19(16)29-5)26-21(28)25(4)22-23-26/h7-12H,6,13H2,1-5H3. The molecule has 0 aliphatic carbocycles. The maximum Gasteiger partial charge on any atom is 0.368 e. The zero-order valence-electron chi connectivity index (χ0n) is 17.7. The Morgan fingerprint density at radius 3 is 2.53 bits per heavy atom.